The molecule has 1 heterocycles. The van der Waals surface area contributed by atoms with E-state index in [1.807, 2.05) is 17.8 Å². The highest BCUT2D eigenvalue weighted by atomic mass is 32.2. The van der Waals surface area contributed by atoms with Crippen molar-refractivity contribution in [1.29, 1.82) is 0 Å². The van der Waals surface area contributed by atoms with Crippen LogP contribution in [-0.2, 0) is 6.54 Å². The van der Waals surface area contributed by atoms with Crippen LogP contribution in [0.3, 0.4) is 0 Å². The second-order valence-electron chi connectivity index (χ2n) is 3.21. The Bertz CT molecular complexity index is 240. The van der Waals surface area contributed by atoms with Gasteiger partial charge in [0.2, 0.25) is 0 Å². The van der Waals surface area contributed by atoms with Gasteiger partial charge in [-0.05, 0) is 25.3 Å². The van der Waals surface area contributed by atoms with Crippen LogP contribution < -0.4 is 5.32 Å². The summed E-state index contributed by atoms with van der Waals surface area (Å²) >= 11 is 1.91. The fraction of sp³-hybridized carbons (Fsp3) is 0.600. The SMILES string of the molecule is CSC(C)CCNCc1ccncn1. The Labute approximate surface area is 89.7 Å². The molecule has 0 bridgehead atoms. The molecule has 0 spiro atoms. The Hall–Kier alpha value is -0.610. The van der Waals surface area contributed by atoms with Gasteiger partial charge in [0, 0.05) is 18.0 Å². The molecular weight excluding hydrogens is 194 g/mol. The lowest BCUT2D eigenvalue weighted by Crippen LogP contribution is -2.18. The molecule has 3 nitrogen and oxygen atoms in total. The summed E-state index contributed by atoms with van der Waals surface area (Å²) in [7, 11) is 0. The molecule has 1 rings (SSSR count). The van der Waals surface area contributed by atoms with Crippen molar-refractivity contribution < 1.29 is 0 Å². The van der Waals surface area contributed by atoms with Crippen LogP contribution in [0.4, 0.5) is 0 Å². The van der Waals surface area contributed by atoms with Gasteiger partial charge in [-0.15, -0.1) is 0 Å². The first-order chi connectivity index (χ1) is 6.83. The van der Waals surface area contributed by atoms with E-state index in [0.717, 1.165) is 24.0 Å². The number of aromatic nitrogens is 2. The zero-order chi connectivity index (χ0) is 10.2. The molecule has 0 saturated carbocycles. The van der Waals surface area contributed by atoms with Gasteiger partial charge in [0.05, 0.1) is 5.69 Å². The van der Waals surface area contributed by atoms with Crippen LogP contribution in [0.1, 0.15) is 19.0 Å². The van der Waals surface area contributed by atoms with Gasteiger partial charge in [-0.3, -0.25) is 0 Å². The lowest BCUT2D eigenvalue weighted by Gasteiger charge is -2.08. The maximum atomic E-state index is 4.14. The highest BCUT2D eigenvalue weighted by Gasteiger charge is 1.98. The molecule has 0 aromatic carbocycles. The number of nitrogens with zero attached hydrogens (tertiary/aromatic N) is 2. The van der Waals surface area contributed by atoms with Crippen LogP contribution >= 0.6 is 11.8 Å². The van der Waals surface area contributed by atoms with Crippen molar-refractivity contribution in [2.45, 2.75) is 25.1 Å². The van der Waals surface area contributed by atoms with Crippen molar-refractivity contribution in [2.75, 3.05) is 12.8 Å². The lowest BCUT2D eigenvalue weighted by molar-refractivity contribution is 0.638. The van der Waals surface area contributed by atoms with Crippen molar-refractivity contribution in [3.8, 4) is 0 Å². The summed E-state index contributed by atoms with van der Waals surface area (Å²) in [6.45, 7) is 4.13. The second-order valence-corrected chi connectivity index (χ2v) is 4.49. The molecule has 0 aliphatic rings. The van der Waals surface area contributed by atoms with Gasteiger partial charge in [0.1, 0.15) is 6.33 Å². The van der Waals surface area contributed by atoms with Crippen LogP contribution in [-0.4, -0.2) is 28.0 Å². The molecule has 1 aromatic rings. The minimum atomic E-state index is 0.730. The average molecular weight is 211 g/mol. The zero-order valence-electron chi connectivity index (χ0n) is 8.73. The standard InChI is InChI=1S/C10H17N3S/c1-9(14-2)3-5-11-7-10-4-6-12-8-13-10/h4,6,8-9,11H,3,5,7H2,1-2H3. The van der Waals surface area contributed by atoms with Crippen LogP contribution in [0, 0.1) is 0 Å². The maximum absolute atomic E-state index is 4.14. The van der Waals surface area contributed by atoms with E-state index in [9.17, 15) is 0 Å². The molecule has 78 valence electrons. The summed E-state index contributed by atoms with van der Waals surface area (Å²) in [4.78, 5) is 8.01. The molecule has 0 fully saturated rings. The molecule has 0 amide bonds. The Kier molecular flexibility index (Phi) is 5.56. The summed E-state index contributed by atoms with van der Waals surface area (Å²) in [5.74, 6) is 0. The molecular formula is C10H17N3S. The summed E-state index contributed by atoms with van der Waals surface area (Å²) in [6, 6.07) is 1.94. The highest BCUT2D eigenvalue weighted by molar-refractivity contribution is 7.99. The first-order valence-electron chi connectivity index (χ1n) is 4.81. The van der Waals surface area contributed by atoms with E-state index in [4.69, 9.17) is 0 Å². The van der Waals surface area contributed by atoms with E-state index in [1.165, 1.54) is 6.42 Å². The average Bonchev–Trinajstić information content (AvgIpc) is 2.25. The van der Waals surface area contributed by atoms with E-state index in [0.29, 0.717) is 0 Å². The molecule has 1 atom stereocenters. The smallest absolute Gasteiger partial charge is 0.115 e. The van der Waals surface area contributed by atoms with Crippen molar-refractivity contribution in [3.63, 3.8) is 0 Å². The van der Waals surface area contributed by atoms with Crippen LogP contribution in [0.2, 0.25) is 0 Å². The zero-order valence-corrected chi connectivity index (χ0v) is 9.55. The van der Waals surface area contributed by atoms with Crippen LogP contribution in [0.5, 0.6) is 0 Å². The summed E-state index contributed by atoms with van der Waals surface area (Å²) < 4.78 is 0. The maximum Gasteiger partial charge on any atom is 0.115 e. The van der Waals surface area contributed by atoms with Crippen molar-refractivity contribution in [3.05, 3.63) is 24.3 Å². The van der Waals surface area contributed by atoms with E-state index < -0.39 is 0 Å². The topological polar surface area (TPSA) is 37.8 Å². The Balaban J connectivity index is 2.10. The third-order valence-corrected chi connectivity index (χ3v) is 3.12. The fourth-order valence-corrected chi connectivity index (χ4v) is 1.42. The summed E-state index contributed by atoms with van der Waals surface area (Å²) in [5, 5.41) is 4.09. The third-order valence-electron chi connectivity index (χ3n) is 2.08. The minimum absolute atomic E-state index is 0.730. The first kappa shape index (κ1) is 11.5. The monoisotopic (exact) mass is 211 g/mol. The number of thioether (sulfide) groups is 1. The predicted molar refractivity (Wildman–Crippen MR) is 61.3 cm³/mol. The normalized spacial score (nSPS) is 12.7. The number of nitrogens with one attached hydrogen (secondary N) is 1. The molecule has 0 radical (unpaired) electrons. The Morgan fingerprint density at radius 3 is 3.07 bits per heavy atom. The van der Waals surface area contributed by atoms with Gasteiger partial charge in [-0.25, -0.2) is 9.97 Å². The van der Waals surface area contributed by atoms with E-state index in [-0.39, 0.29) is 0 Å². The number of hydrogen-bond donors (Lipinski definition) is 1. The second kappa shape index (κ2) is 6.79. The molecule has 0 saturated heterocycles. The predicted octanol–water partition coefficient (Wildman–Crippen LogP) is 1.71. The van der Waals surface area contributed by atoms with Gasteiger partial charge in [-0.1, -0.05) is 6.92 Å². The quantitative estimate of drug-likeness (QED) is 0.727. The number of rotatable bonds is 6. The first-order valence-corrected chi connectivity index (χ1v) is 6.10. The number of hydrogen-bond acceptors (Lipinski definition) is 4. The summed E-state index contributed by atoms with van der Waals surface area (Å²) in [6.07, 6.45) is 6.71. The van der Waals surface area contributed by atoms with E-state index in [1.54, 1.807) is 12.5 Å². The van der Waals surface area contributed by atoms with Gasteiger partial charge in [-0.2, -0.15) is 11.8 Å². The molecule has 14 heavy (non-hydrogen) atoms. The molecule has 1 aromatic heterocycles. The minimum Gasteiger partial charge on any atom is -0.311 e. The van der Waals surface area contributed by atoms with Crippen molar-refractivity contribution in [1.82, 2.24) is 15.3 Å². The van der Waals surface area contributed by atoms with Crippen molar-refractivity contribution >= 4 is 11.8 Å². The fourth-order valence-electron chi connectivity index (χ4n) is 1.06. The van der Waals surface area contributed by atoms with Gasteiger partial charge in [0.15, 0.2) is 0 Å². The highest BCUT2D eigenvalue weighted by Crippen LogP contribution is 2.07. The largest absolute Gasteiger partial charge is 0.311 e. The molecule has 4 heteroatoms. The van der Waals surface area contributed by atoms with E-state index in [2.05, 4.69) is 28.5 Å². The molecule has 1 unspecified atom stereocenters. The lowest BCUT2D eigenvalue weighted by atomic mass is 10.3. The van der Waals surface area contributed by atoms with Crippen LogP contribution in [0.25, 0.3) is 0 Å². The summed E-state index contributed by atoms with van der Waals surface area (Å²) in [5.41, 5.74) is 1.05. The molecule has 0 aliphatic carbocycles. The third kappa shape index (κ3) is 4.58. The van der Waals surface area contributed by atoms with E-state index >= 15 is 0 Å². The van der Waals surface area contributed by atoms with Crippen molar-refractivity contribution in [2.24, 2.45) is 0 Å². The van der Waals surface area contributed by atoms with Gasteiger partial charge >= 0.3 is 0 Å². The van der Waals surface area contributed by atoms with Gasteiger partial charge in [0.25, 0.3) is 0 Å². The van der Waals surface area contributed by atoms with Crippen LogP contribution in [0.15, 0.2) is 18.6 Å². The van der Waals surface area contributed by atoms with Gasteiger partial charge < -0.3 is 5.32 Å². The Morgan fingerprint density at radius 2 is 2.43 bits per heavy atom. The molecule has 1 N–H and O–H groups in total. The Morgan fingerprint density at radius 1 is 1.57 bits per heavy atom. The molecule has 0 aliphatic heterocycles.